The molecule has 4 rings (SSSR count). The van der Waals surface area contributed by atoms with Gasteiger partial charge in [0.15, 0.2) is 0 Å². The van der Waals surface area contributed by atoms with E-state index in [0.29, 0.717) is 35.9 Å². The van der Waals surface area contributed by atoms with Crippen molar-refractivity contribution in [3.63, 3.8) is 0 Å². The second kappa shape index (κ2) is 9.70. The maximum absolute atomic E-state index is 12.7. The van der Waals surface area contributed by atoms with E-state index in [2.05, 4.69) is 23.8 Å². The van der Waals surface area contributed by atoms with Gasteiger partial charge in [0.1, 0.15) is 11.9 Å². The molecule has 1 aromatic carbocycles. The lowest BCUT2D eigenvalue weighted by Gasteiger charge is -2.23. The first-order valence-electron chi connectivity index (χ1n) is 11.2. The first kappa shape index (κ1) is 23.5. The first-order chi connectivity index (χ1) is 15.8. The molecule has 1 fully saturated rings. The average molecular weight is 471 g/mol. The lowest BCUT2D eigenvalue weighted by molar-refractivity contribution is 0.0244. The zero-order valence-electron chi connectivity index (χ0n) is 19.5. The molecular weight excluding hydrogens is 440 g/mol. The van der Waals surface area contributed by atoms with Gasteiger partial charge in [-0.1, -0.05) is 26.0 Å². The zero-order chi connectivity index (χ0) is 23.6. The minimum atomic E-state index is -3.57. The normalized spacial score (nSPS) is 15.5. The fraction of sp³-hybridized carbons (Fsp3) is 0.458. The Morgan fingerprint density at radius 2 is 1.91 bits per heavy atom. The van der Waals surface area contributed by atoms with Crippen LogP contribution in [0.15, 0.2) is 41.6 Å². The van der Waals surface area contributed by atoms with Crippen molar-refractivity contribution in [2.24, 2.45) is 5.92 Å². The molecule has 0 saturated carbocycles. The predicted molar refractivity (Wildman–Crippen MR) is 127 cm³/mol. The molecule has 3 aromatic rings. The van der Waals surface area contributed by atoms with Crippen molar-refractivity contribution in [3.05, 3.63) is 42.5 Å². The molecule has 3 heterocycles. The molecule has 8 nitrogen and oxygen atoms in total. The van der Waals surface area contributed by atoms with Crippen LogP contribution >= 0.6 is 0 Å². The summed E-state index contributed by atoms with van der Waals surface area (Å²) in [6, 6.07) is 6.86. The molecule has 0 amide bonds. The maximum Gasteiger partial charge on any atom is 0.242 e. The van der Waals surface area contributed by atoms with Crippen LogP contribution in [0.2, 0.25) is 0 Å². The summed E-state index contributed by atoms with van der Waals surface area (Å²) in [6.07, 6.45) is 5.87. The van der Waals surface area contributed by atoms with Crippen LogP contribution in [0.25, 0.3) is 22.0 Å². The van der Waals surface area contributed by atoms with E-state index in [0.717, 1.165) is 36.2 Å². The van der Waals surface area contributed by atoms with Gasteiger partial charge in [0.05, 0.1) is 29.0 Å². The Labute approximate surface area is 195 Å². The van der Waals surface area contributed by atoms with E-state index in [1.807, 2.05) is 6.07 Å². The molecule has 1 aliphatic rings. The summed E-state index contributed by atoms with van der Waals surface area (Å²) in [7, 11) is -0.527. The molecule has 0 bridgehead atoms. The molecule has 0 atom stereocenters. The molecule has 33 heavy (non-hydrogen) atoms. The molecule has 0 N–H and O–H groups in total. The van der Waals surface area contributed by atoms with Crippen LogP contribution in [0.5, 0.6) is 5.88 Å². The van der Waals surface area contributed by atoms with Crippen molar-refractivity contribution in [1.82, 2.24) is 19.3 Å². The van der Waals surface area contributed by atoms with Crippen LogP contribution in [0.3, 0.4) is 0 Å². The van der Waals surface area contributed by atoms with Crippen molar-refractivity contribution in [1.29, 1.82) is 0 Å². The number of ether oxygens (including phenoxy) is 2. The van der Waals surface area contributed by atoms with Gasteiger partial charge < -0.3 is 9.47 Å². The van der Waals surface area contributed by atoms with Crippen molar-refractivity contribution in [2.45, 2.75) is 44.1 Å². The third-order valence-corrected chi connectivity index (χ3v) is 7.41. The molecular formula is C24H30N4O4S. The van der Waals surface area contributed by atoms with Gasteiger partial charge in [-0.25, -0.2) is 27.7 Å². The minimum Gasteiger partial charge on any atom is -0.474 e. The van der Waals surface area contributed by atoms with Gasteiger partial charge in [0.2, 0.25) is 15.9 Å². The van der Waals surface area contributed by atoms with E-state index >= 15 is 0 Å². The number of fused-ring (bicyclic) bond motifs is 1. The third kappa shape index (κ3) is 5.15. The third-order valence-electron chi connectivity index (χ3n) is 5.60. The number of rotatable bonds is 7. The van der Waals surface area contributed by atoms with Crippen LogP contribution < -0.4 is 4.74 Å². The molecule has 0 radical (unpaired) electrons. The monoisotopic (exact) mass is 470 g/mol. The number of benzene rings is 1. The van der Waals surface area contributed by atoms with Crippen LogP contribution in [0, 0.1) is 5.92 Å². The minimum absolute atomic E-state index is 0.0317. The lowest BCUT2D eigenvalue weighted by atomic mass is 10.0. The molecule has 9 heteroatoms. The Morgan fingerprint density at radius 1 is 1.15 bits per heavy atom. The number of pyridine rings is 1. The van der Waals surface area contributed by atoms with Crippen LogP contribution in [0.1, 0.15) is 32.5 Å². The number of aromatic nitrogens is 3. The van der Waals surface area contributed by atoms with Crippen molar-refractivity contribution in [2.75, 3.05) is 27.3 Å². The van der Waals surface area contributed by atoms with E-state index in [1.165, 1.54) is 18.4 Å². The quantitative estimate of drug-likeness (QED) is 0.520. The van der Waals surface area contributed by atoms with Crippen molar-refractivity contribution < 1.29 is 17.9 Å². The van der Waals surface area contributed by atoms with Gasteiger partial charge in [0, 0.05) is 51.3 Å². The summed E-state index contributed by atoms with van der Waals surface area (Å²) >= 11 is 0. The van der Waals surface area contributed by atoms with E-state index < -0.39 is 10.0 Å². The predicted octanol–water partition coefficient (Wildman–Crippen LogP) is 3.70. The Morgan fingerprint density at radius 3 is 2.61 bits per heavy atom. The number of hydrogen-bond donors (Lipinski definition) is 0. The maximum atomic E-state index is 12.7. The number of hydrogen-bond acceptors (Lipinski definition) is 7. The summed E-state index contributed by atoms with van der Waals surface area (Å²) < 4.78 is 38.2. The average Bonchev–Trinajstić information content (AvgIpc) is 2.79. The van der Waals surface area contributed by atoms with E-state index in [9.17, 15) is 8.42 Å². The molecule has 2 aromatic heterocycles. The summed E-state index contributed by atoms with van der Waals surface area (Å²) in [5.41, 5.74) is 2.17. The largest absolute Gasteiger partial charge is 0.474 e. The lowest BCUT2D eigenvalue weighted by Crippen LogP contribution is -2.26. The smallest absolute Gasteiger partial charge is 0.242 e. The summed E-state index contributed by atoms with van der Waals surface area (Å²) in [4.78, 5) is 14.2. The molecule has 0 spiro atoms. The standard InChI is InChI=1S/C24H30N4O4S/c1-16(2)12-22-25-15-21-23(27-22)20(14-26-24(21)32-18-8-10-31-11-9-18)17-6-5-7-19(13-17)33(29,30)28(3)4/h5-7,13-16,18H,8-12H2,1-4H3. The summed E-state index contributed by atoms with van der Waals surface area (Å²) in [6.45, 7) is 5.58. The molecule has 1 aliphatic heterocycles. The first-order valence-corrected chi connectivity index (χ1v) is 12.6. The van der Waals surface area contributed by atoms with Gasteiger partial charge in [-0.15, -0.1) is 0 Å². The molecule has 0 unspecified atom stereocenters. The van der Waals surface area contributed by atoms with Gasteiger partial charge in [-0.3, -0.25) is 0 Å². The summed E-state index contributed by atoms with van der Waals surface area (Å²) in [5.74, 6) is 1.63. The van der Waals surface area contributed by atoms with Gasteiger partial charge in [0.25, 0.3) is 0 Å². The Hall–Kier alpha value is -2.62. The SMILES string of the molecule is CC(C)Cc1ncc2c(OC3CCOCC3)ncc(-c3cccc(S(=O)(=O)N(C)C)c3)c2n1. The van der Waals surface area contributed by atoms with Gasteiger partial charge in [-0.05, 0) is 23.6 Å². The Balaban J connectivity index is 1.83. The number of sulfonamides is 1. The zero-order valence-corrected chi connectivity index (χ0v) is 20.3. The highest BCUT2D eigenvalue weighted by Gasteiger charge is 2.21. The molecule has 1 saturated heterocycles. The van der Waals surface area contributed by atoms with Crippen molar-refractivity contribution >= 4 is 20.9 Å². The second-order valence-corrected chi connectivity index (χ2v) is 11.0. The van der Waals surface area contributed by atoms with E-state index in [1.54, 1.807) is 30.6 Å². The molecule has 0 aliphatic carbocycles. The topological polar surface area (TPSA) is 94.5 Å². The Kier molecular flexibility index (Phi) is 6.92. The summed E-state index contributed by atoms with van der Waals surface area (Å²) in [5, 5.41) is 0.715. The van der Waals surface area contributed by atoms with Crippen LogP contribution in [-0.2, 0) is 21.2 Å². The van der Waals surface area contributed by atoms with Crippen LogP contribution in [0.4, 0.5) is 0 Å². The fourth-order valence-electron chi connectivity index (χ4n) is 3.79. The van der Waals surface area contributed by atoms with Gasteiger partial charge >= 0.3 is 0 Å². The van der Waals surface area contributed by atoms with Crippen molar-refractivity contribution in [3.8, 4) is 17.0 Å². The highest BCUT2D eigenvalue weighted by molar-refractivity contribution is 7.89. The second-order valence-electron chi connectivity index (χ2n) is 8.87. The Bertz CT molecular complexity index is 1240. The van der Waals surface area contributed by atoms with E-state index in [-0.39, 0.29) is 11.0 Å². The fourth-order valence-corrected chi connectivity index (χ4v) is 4.74. The highest BCUT2D eigenvalue weighted by atomic mass is 32.2. The van der Waals surface area contributed by atoms with Gasteiger partial charge in [-0.2, -0.15) is 0 Å². The van der Waals surface area contributed by atoms with E-state index in [4.69, 9.17) is 14.5 Å². The number of nitrogens with zero attached hydrogens (tertiary/aromatic N) is 4. The highest BCUT2D eigenvalue weighted by Crippen LogP contribution is 2.33. The van der Waals surface area contributed by atoms with Crippen LogP contribution in [-0.4, -0.2) is 61.1 Å². The molecule has 176 valence electrons.